The van der Waals surface area contributed by atoms with Crippen LogP contribution in [0.4, 0.5) is 11.4 Å². The van der Waals surface area contributed by atoms with Crippen LogP contribution in [0.25, 0.3) is 0 Å². The summed E-state index contributed by atoms with van der Waals surface area (Å²) in [6.45, 7) is 4.84. The fourth-order valence-corrected chi connectivity index (χ4v) is 2.47. The Morgan fingerprint density at radius 2 is 2.06 bits per heavy atom. The molecule has 3 heteroatoms. The maximum Gasteiger partial charge on any atom is 0.0642 e. The van der Waals surface area contributed by atoms with E-state index in [9.17, 15) is 0 Å². The van der Waals surface area contributed by atoms with Crippen LogP contribution in [0.5, 0.6) is 0 Å². The van der Waals surface area contributed by atoms with Crippen molar-refractivity contribution in [2.24, 2.45) is 0 Å². The number of ether oxygens (including phenoxy) is 1. The SMILES string of the molecule is c1cc2c(cc1N1CCOCC1)NCCC2. The van der Waals surface area contributed by atoms with E-state index >= 15 is 0 Å². The van der Waals surface area contributed by atoms with Crippen LogP contribution in [0.1, 0.15) is 12.0 Å². The molecule has 16 heavy (non-hydrogen) atoms. The van der Waals surface area contributed by atoms with Crippen molar-refractivity contribution in [1.29, 1.82) is 0 Å². The summed E-state index contributed by atoms with van der Waals surface area (Å²) in [5.41, 5.74) is 4.12. The molecule has 1 aromatic carbocycles. The van der Waals surface area contributed by atoms with Crippen LogP contribution in [0.3, 0.4) is 0 Å². The van der Waals surface area contributed by atoms with Crippen LogP contribution in [0.2, 0.25) is 0 Å². The van der Waals surface area contributed by atoms with E-state index in [4.69, 9.17) is 4.74 Å². The normalized spacial score (nSPS) is 20.1. The summed E-state index contributed by atoms with van der Waals surface area (Å²) in [6.07, 6.45) is 2.47. The minimum absolute atomic E-state index is 0.852. The van der Waals surface area contributed by atoms with Crippen LogP contribution in [0.15, 0.2) is 18.2 Å². The molecule has 1 N–H and O–H groups in total. The van der Waals surface area contributed by atoms with Crippen molar-refractivity contribution in [1.82, 2.24) is 0 Å². The first-order chi connectivity index (χ1) is 7.93. The predicted octanol–water partition coefficient (Wildman–Crippen LogP) is 1.88. The van der Waals surface area contributed by atoms with Gasteiger partial charge in [0.15, 0.2) is 0 Å². The molecule has 1 saturated heterocycles. The summed E-state index contributed by atoms with van der Waals surface area (Å²) < 4.78 is 5.38. The van der Waals surface area contributed by atoms with Gasteiger partial charge in [-0.1, -0.05) is 6.07 Å². The fourth-order valence-electron chi connectivity index (χ4n) is 2.47. The number of morpholine rings is 1. The monoisotopic (exact) mass is 218 g/mol. The molecule has 1 aromatic rings. The lowest BCUT2D eigenvalue weighted by Gasteiger charge is -2.30. The summed E-state index contributed by atoms with van der Waals surface area (Å²) in [6, 6.07) is 6.81. The second kappa shape index (κ2) is 4.34. The van der Waals surface area contributed by atoms with Crippen molar-refractivity contribution in [2.75, 3.05) is 43.1 Å². The van der Waals surface area contributed by atoms with Gasteiger partial charge in [0.25, 0.3) is 0 Å². The number of rotatable bonds is 1. The number of aryl methyl sites for hydroxylation is 1. The Morgan fingerprint density at radius 3 is 2.94 bits per heavy atom. The predicted molar refractivity (Wildman–Crippen MR) is 66.3 cm³/mol. The average molecular weight is 218 g/mol. The van der Waals surface area contributed by atoms with Gasteiger partial charge < -0.3 is 15.0 Å². The molecule has 0 bridgehead atoms. The van der Waals surface area contributed by atoms with Crippen molar-refractivity contribution in [3.8, 4) is 0 Å². The Hall–Kier alpha value is -1.22. The molecule has 1 fully saturated rings. The van der Waals surface area contributed by atoms with Crippen LogP contribution in [-0.4, -0.2) is 32.8 Å². The second-order valence-electron chi connectivity index (χ2n) is 4.47. The molecule has 2 aliphatic heterocycles. The Labute approximate surface area is 96.4 Å². The fraction of sp³-hybridized carbons (Fsp3) is 0.538. The molecular weight excluding hydrogens is 200 g/mol. The molecule has 2 heterocycles. The van der Waals surface area contributed by atoms with Gasteiger partial charge in [-0.2, -0.15) is 0 Å². The molecule has 0 spiro atoms. The van der Waals surface area contributed by atoms with E-state index in [-0.39, 0.29) is 0 Å². The zero-order valence-electron chi connectivity index (χ0n) is 9.54. The van der Waals surface area contributed by atoms with E-state index in [1.54, 1.807) is 0 Å². The van der Waals surface area contributed by atoms with Crippen molar-refractivity contribution < 1.29 is 4.74 Å². The van der Waals surface area contributed by atoms with Crippen molar-refractivity contribution in [3.63, 3.8) is 0 Å². The van der Waals surface area contributed by atoms with Crippen LogP contribution in [0, 0.1) is 0 Å². The zero-order chi connectivity index (χ0) is 10.8. The first-order valence-corrected chi connectivity index (χ1v) is 6.13. The third kappa shape index (κ3) is 1.87. The zero-order valence-corrected chi connectivity index (χ0v) is 9.54. The maximum absolute atomic E-state index is 5.38. The summed E-state index contributed by atoms with van der Waals surface area (Å²) in [5, 5.41) is 3.48. The highest BCUT2D eigenvalue weighted by Gasteiger charge is 2.14. The molecule has 0 saturated carbocycles. The molecule has 0 amide bonds. The number of anilines is 2. The molecule has 0 atom stereocenters. The smallest absolute Gasteiger partial charge is 0.0642 e. The van der Waals surface area contributed by atoms with E-state index in [1.807, 2.05) is 0 Å². The van der Waals surface area contributed by atoms with Crippen LogP contribution in [-0.2, 0) is 11.2 Å². The Bertz CT molecular complexity index is 372. The van der Waals surface area contributed by atoms with Gasteiger partial charge in [0.2, 0.25) is 0 Å². The molecule has 86 valence electrons. The largest absolute Gasteiger partial charge is 0.385 e. The average Bonchev–Trinajstić information content (AvgIpc) is 2.39. The number of benzene rings is 1. The van der Waals surface area contributed by atoms with Crippen molar-refractivity contribution in [2.45, 2.75) is 12.8 Å². The van der Waals surface area contributed by atoms with Gasteiger partial charge in [0, 0.05) is 31.0 Å². The number of hydrogen-bond donors (Lipinski definition) is 1. The molecule has 0 radical (unpaired) electrons. The molecular formula is C13H18N2O. The van der Waals surface area contributed by atoms with Crippen LogP contribution >= 0.6 is 0 Å². The highest BCUT2D eigenvalue weighted by molar-refractivity contribution is 5.63. The Balaban J connectivity index is 1.84. The number of hydrogen-bond acceptors (Lipinski definition) is 3. The van der Waals surface area contributed by atoms with Gasteiger partial charge in [0.05, 0.1) is 13.2 Å². The van der Waals surface area contributed by atoms with E-state index in [1.165, 1.54) is 29.8 Å². The minimum atomic E-state index is 0.852. The maximum atomic E-state index is 5.38. The van der Waals surface area contributed by atoms with E-state index in [0.29, 0.717) is 0 Å². The standard InChI is InChI=1S/C13H18N2O/c1-2-11-3-4-12(10-13(11)14-5-1)15-6-8-16-9-7-15/h3-4,10,14H,1-2,5-9H2. The number of nitrogens with one attached hydrogen (secondary N) is 1. The highest BCUT2D eigenvalue weighted by Crippen LogP contribution is 2.27. The highest BCUT2D eigenvalue weighted by atomic mass is 16.5. The van der Waals surface area contributed by atoms with Gasteiger partial charge >= 0.3 is 0 Å². The van der Waals surface area contributed by atoms with Gasteiger partial charge in [-0.3, -0.25) is 0 Å². The molecule has 2 aliphatic rings. The van der Waals surface area contributed by atoms with Gasteiger partial charge in [-0.25, -0.2) is 0 Å². The lowest BCUT2D eigenvalue weighted by molar-refractivity contribution is 0.122. The summed E-state index contributed by atoms with van der Waals surface area (Å²) >= 11 is 0. The second-order valence-corrected chi connectivity index (χ2v) is 4.47. The molecule has 0 unspecified atom stereocenters. The van der Waals surface area contributed by atoms with Crippen molar-refractivity contribution >= 4 is 11.4 Å². The van der Waals surface area contributed by atoms with Gasteiger partial charge in [-0.15, -0.1) is 0 Å². The van der Waals surface area contributed by atoms with Crippen LogP contribution < -0.4 is 10.2 Å². The Kier molecular flexibility index (Phi) is 2.70. The molecule has 3 rings (SSSR count). The summed E-state index contributed by atoms with van der Waals surface area (Å²) in [7, 11) is 0. The number of nitrogens with zero attached hydrogens (tertiary/aromatic N) is 1. The van der Waals surface area contributed by atoms with Gasteiger partial charge in [-0.05, 0) is 30.5 Å². The first kappa shape index (κ1) is 9.97. The molecule has 3 nitrogen and oxygen atoms in total. The lowest BCUT2D eigenvalue weighted by atomic mass is 10.0. The quantitative estimate of drug-likeness (QED) is 0.779. The molecule has 0 aliphatic carbocycles. The molecule has 0 aromatic heterocycles. The Morgan fingerprint density at radius 1 is 1.19 bits per heavy atom. The number of fused-ring (bicyclic) bond motifs is 1. The van der Waals surface area contributed by atoms with E-state index < -0.39 is 0 Å². The lowest BCUT2D eigenvalue weighted by Crippen LogP contribution is -2.36. The topological polar surface area (TPSA) is 24.5 Å². The van der Waals surface area contributed by atoms with E-state index in [2.05, 4.69) is 28.4 Å². The van der Waals surface area contributed by atoms with Crippen molar-refractivity contribution in [3.05, 3.63) is 23.8 Å². The minimum Gasteiger partial charge on any atom is -0.385 e. The third-order valence-electron chi connectivity index (χ3n) is 3.41. The summed E-state index contributed by atoms with van der Waals surface area (Å²) in [4.78, 5) is 2.40. The van der Waals surface area contributed by atoms with Gasteiger partial charge in [0.1, 0.15) is 0 Å². The third-order valence-corrected chi connectivity index (χ3v) is 3.41. The van der Waals surface area contributed by atoms with E-state index in [0.717, 1.165) is 32.8 Å². The summed E-state index contributed by atoms with van der Waals surface area (Å²) in [5.74, 6) is 0. The first-order valence-electron chi connectivity index (χ1n) is 6.13.